The zero-order chi connectivity index (χ0) is 13.5. The first kappa shape index (κ1) is 14.8. The lowest BCUT2D eigenvalue weighted by Crippen LogP contribution is -2.32. The quantitative estimate of drug-likeness (QED) is 0.512. The van der Waals surface area contributed by atoms with Gasteiger partial charge in [0, 0.05) is 19.7 Å². The van der Waals surface area contributed by atoms with Crippen LogP contribution in [0.25, 0.3) is 0 Å². The van der Waals surface area contributed by atoms with E-state index in [2.05, 4.69) is 0 Å². The summed E-state index contributed by atoms with van der Waals surface area (Å²) in [5.74, 6) is 0.846. The predicted octanol–water partition coefficient (Wildman–Crippen LogP) is -0.360. The van der Waals surface area contributed by atoms with Crippen LogP contribution >= 0.6 is 0 Å². The summed E-state index contributed by atoms with van der Waals surface area (Å²) in [5.41, 5.74) is 1.01. The maximum Gasteiger partial charge on any atom is 0.492 e. The predicted molar refractivity (Wildman–Crippen MR) is 66.0 cm³/mol. The molecule has 0 amide bonds. The lowest BCUT2D eigenvalue weighted by Gasteiger charge is -2.15. The Hall–Kier alpha value is -1.28. The third-order valence-electron chi connectivity index (χ3n) is 2.25. The van der Waals surface area contributed by atoms with Crippen LogP contribution in [0, 0.1) is 6.92 Å². The highest BCUT2D eigenvalue weighted by molar-refractivity contribution is 6.59. The molecular formula is C11H17BO6. The Kier molecular flexibility index (Phi) is 5.93. The summed E-state index contributed by atoms with van der Waals surface area (Å²) in [5, 5.41) is 18.6. The molecule has 1 aromatic carbocycles. The monoisotopic (exact) mass is 256 g/mol. The van der Waals surface area contributed by atoms with Crippen LogP contribution < -0.4 is 14.9 Å². The average Bonchev–Trinajstić information content (AvgIpc) is 2.34. The van der Waals surface area contributed by atoms with E-state index < -0.39 is 7.12 Å². The third kappa shape index (κ3) is 3.88. The molecular weight excluding hydrogens is 239 g/mol. The first-order valence-electron chi connectivity index (χ1n) is 5.34. The molecule has 0 aliphatic rings. The van der Waals surface area contributed by atoms with Gasteiger partial charge in [0.1, 0.15) is 11.5 Å². The largest absolute Gasteiger partial charge is 0.492 e. The van der Waals surface area contributed by atoms with Crippen molar-refractivity contribution in [3.63, 3.8) is 0 Å². The van der Waals surface area contributed by atoms with Crippen LogP contribution in [0.5, 0.6) is 11.5 Å². The second-order valence-electron chi connectivity index (χ2n) is 3.63. The van der Waals surface area contributed by atoms with Crippen molar-refractivity contribution in [2.24, 2.45) is 0 Å². The maximum atomic E-state index is 9.29. The normalized spacial score (nSPS) is 10.3. The second kappa shape index (κ2) is 7.22. The van der Waals surface area contributed by atoms with Gasteiger partial charge in [-0.1, -0.05) is 0 Å². The van der Waals surface area contributed by atoms with E-state index in [0.717, 1.165) is 5.56 Å². The van der Waals surface area contributed by atoms with Gasteiger partial charge in [-0.2, -0.15) is 0 Å². The van der Waals surface area contributed by atoms with Gasteiger partial charge in [-0.25, -0.2) is 0 Å². The third-order valence-corrected chi connectivity index (χ3v) is 2.25. The van der Waals surface area contributed by atoms with Gasteiger partial charge in [-0.05, 0) is 24.6 Å². The molecule has 2 N–H and O–H groups in total. The SMILES string of the molecule is COCOc1cc(B(O)O)c(OCOC)cc1C. The van der Waals surface area contributed by atoms with Crippen molar-refractivity contribution < 1.29 is 29.0 Å². The maximum absolute atomic E-state index is 9.29. The molecule has 0 fully saturated rings. The highest BCUT2D eigenvalue weighted by atomic mass is 16.7. The van der Waals surface area contributed by atoms with Crippen molar-refractivity contribution in [1.82, 2.24) is 0 Å². The molecule has 0 aliphatic heterocycles. The second-order valence-corrected chi connectivity index (χ2v) is 3.63. The van der Waals surface area contributed by atoms with E-state index in [9.17, 15) is 10.0 Å². The molecule has 0 aliphatic carbocycles. The lowest BCUT2D eigenvalue weighted by molar-refractivity contribution is 0.0484. The van der Waals surface area contributed by atoms with Crippen LogP contribution in [0.15, 0.2) is 12.1 Å². The van der Waals surface area contributed by atoms with Crippen LogP contribution in [0.2, 0.25) is 0 Å². The molecule has 18 heavy (non-hydrogen) atoms. The van der Waals surface area contributed by atoms with Crippen molar-refractivity contribution in [1.29, 1.82) is 0 Å². The fourth-order valence-corrected chi connectivity index (χ4v) is 1.40. The van der Waals surface area contributed by atoms with E-state index in [4.69, 9.17) is 18.9 Å². The van der Waals surface area contributed by atoms with Gasteiger partial charge in [-0.3, -0.25) is 0 Å². The van der Waals surface area contributed by atoms with E-state index in [1.54, 1.807) is 6.07 Å². The number of ether oxygens (including phenoxy) is 4. The lowest BCUT2D eigenvalue weighted by atomic mass is 9.79. The van der Waals surface area contributed by atoms with Gasteiger partial charge in [0.05, 0.1) is 0 Å². The molecule has 6 nitrogen and oxygen atoms in total. The minimum Gasteiger partial charge on any atom is -0.468 e. The summed E-state index contributed by atoms with van der Waals surface area (Å²) in [6, 6.07) is 3.16. The number of rotatable bonds is 7. The zero-order valence-corrected chi connectivity index (χ0v) is 10.7. The Morgan fingerprint density at radius 2 is 1.56 bits per heavy atom. The number of methoxy groups -OCH3 is 2. The van der Waals surface area contributed by atoms with Crippen molar-refractivity contribution >= 4 is 12.6 Å². The average molecular weight is 256 g/mol. The van der Waals surface area contributed by atoms with Gasteiger partial charge in [-0.15, -0.1) is 0 Å². The van der Waals surface area contributed by atoms with Crippen LogP contribution in [0.4, 0.5) is 0 Å². The minimum atomic E-state index is -1.65. The highest BCUT2D eigenvalue weighted by Crippen LogP contribution is 2.22. The molecule has 0 bridgehead atoms. The molecule has 0 spiro atoms. The molecule has 7 heteroatoms. The van der Waals surface area contributed by atoms with Crippen molar-refractivity contribution in [2.75, 3.05) is 27.8 Å². The van der Waals surface area contributed by atoms with Crippen LogP contribution in [0.3, 0.4) is 0 Å². The summed E-state index contributed by atoms with van der Waals surface area (Å²) in [4.78, 5) is 0. The first-order valence-corrected chi connectivity index (χ1v) is 5.34. The summed E-state index contributed by atoms with van der Waals surface area (Å²) in [6.07, 6.45) is 0. The summed E-state index contributed by atoms with van der Waals surface area (Å²) < 4.78 is 20.1. The number of benzene rings is 1. The fraction of sp³-hybridized carbons (Fsp3) is 0.455. The summed E-state index contributed by atoms with van der Waals surface area (Å²) in [6.45, 7) is 1.93. The molecule has 0 unspecified atom stereocenters. The van der Waals surface area contributed by atoms with Crippen LogP contribution in [0.1, 0.15) is 5.56 Å². The van der Waals surface area contributed by atoms with E-state index in [-0.39, 0.29) is 19.0 Å². The van der Waals surface area contributed by atoms with Crippen molar-refractivity contribution in [2.45, 2.75) is 6.92 Å². The molecule has 0 aromatic heterocycles. The van der Waals surface area contributed by atoms with E-state index in [0.29, 0.717) is 11.5 Å². The Morgan fingerprint density at radius 1 is 1.00 bits per heavy atom. The zero-order valence-electron chi connectivity index (χ0n) is 10.7. The highest BCUT2D eigenvalue weighted by Gasteiger charge is 2.20. The minimum absolute atomic E-state index is 0.0252. The van der Waals surface area contributed by atoms with Crippen LogP contribution in [-0.2, 0) is 9.47 Å². The first-order chi connectivity index (χ1) is 8.60. The van der Waals surface area contributed by atoms with E-state index >= 15 is 0 Å². The Balaban J connectivity index is 3.00. The topological polar surface area (TPSA) is 77.4 Å². The van der Waals surface area contributed by atoms with E-state index in [1.807, 2.05) is 6.92 Å². The fourth-order valence-electron chi connectivity index (χ4n) is 1.40. The van der Waals surface area contributed by atoms with Gasteiger partial charge in [0.25, 0.3) is 0 Å². The molecule has 0 radical (unpaired) electrons. The molecule has 0 heterocycles. The Labute approximate surface area is 106 Å². The van der Waals surface area contributed by atoms with E-state index in [1.165, 1.54) is 20.3 Å². The van der Waals surface area contributed by atoms with Crippen molar-refractivity contribution in [3.8, 4) is 11.5 Å². The summed E-state index contributed by atoms with van der Waals surface area (Å²) in [7, 11) is 1.34. The van der Waals surface area contributed by atoms with Crippen LogP contribution in [-0.4, -0.2) is 45.0 Å². The van der Waals surface area contributed by atoms with Gasteiger partial charge < -0.3 is 29.0 Å². The molecule has 0 saturated heterocycles. The molecule has 100 valence electrons. The number of aryl methyl sites for hydroxylation is 1. The van der Waals surface area contributed by atoms with Gasteiger partial charge in [0.2, 0.25) is 0 Å². The summed E-state index contributed by atoms with van der Waals surface area (Å²) >= 11 is 0. The Morgan fingerprint density at radius 3 is 2.06 bits per heavy atom. The molecule has 0 atom stereocenters. The molecule has 1 aromatic rings. The molecule has 0 saturated carbocycles. The number of hydrogen-bond donors (Lipinski definition) is 2. The number of hydrogen-bond acceptors (Lipinski definition) is 6. The standard InChI is InChI=1S/C11H17BO6/c1-8-4-11(18-7-16-3)9(12(13)14)5-10(8)17-6-15-2/h4-5,13-14H,6-7H2,1-3H3. The Bertz CT molecular complexity index is 382. The smallest absolute Gasteiger partial charge is 0.468 e. The van der Waals surface area contributed by atoms with Gasteiger partial charge >= 0.3 is 7.12 Å². The van der Waals surface area contributed by atoms with Gasteiger partial charge in [0.15, 0.2) is 13.6 Å². The molecule has 1 rings (SSSR count). The van der Waals surface area contributed by atoms with Crippen molar-refractivity contribution in [3.05, 3.63) is 17.7 Å².